The zero-order valence-corrected chi connectivity index (χ0v) is 10.7. The summed E-state index contributed by atoms with van der Waals surface area (Å²) in [5, 5.41) is 0.341. The number of methoxy groups -OCH3 is 1. The van der Waals surface area contributed by atoms with Gasteiger partial charge >= 0.3 is 5.97 Å². The second-order valence-corrected chi connectivity index (χ2v) is 5.29. The van der Waals surface area contributed by atoms with Crippen LogP contribution in [0.1, 0.15) is 36.1 Å². The maximum atomic E-state index is 11.8. The minimum Gasteiger partial charge on any atom is -0.456 e. The highest BCUT2D eigenvalue weighted by atomic mass is 32.1. The quantitative estimate of drug-likeness (QED) is 0.821. The number of nitrogens with two attached hydrogens (primary N) is 1. The fourth-order valence-corrected chi connectivity index (χ4v) is 1.80. The molecule has 0 aliphatic rings. The molecule has 1 heterocycles. The van der Waals surface area contributed by atoms with E-state index < -0.39 is 11.6 Å². The molecule has 0 aliphatic heterocycles. The second-order valence-electron chi connectivity index (χ2n) is 4.26. The van der Waals surface area contributed by atoms with Crippen molar-refractivity contribution in [2.75, 3.05) is 12.8 Å². The molecule has 0 aromatic carbocycles. The molecule has 0 saturated carbocycles. The summed E-state index contributed by atoms with van der Waals surface area (Å²) in [7, 11) is 1.54. The number of nitrogens with zero attached hydrogens (tertiary/aromatic N) is 1. The normalized spacial score (nSPS) is 11.5. The smallest absolute Gasteiger partial charge is 0.350 e. The van der Waals surface area contributed by atoms with Gasteiger partial charge in [-0.05, 0) is 20.8 Å². The van der Waals surface area contributed by atoms with Crippen molar-refractivity contribution >= 4 is 22.4 Å². The van der Waals surface area contributed by atoms with Crippen molar-refractivity contribution in [2.24, 2.45) is 0 Å². The molecule has 1 aromatic rings. The number of ether oxygens (including phenoxy) is 2. The van der Waals surface area contributed by atoms with Crippen LogP contribution in [0.3, 0.4) is 0 Å². The number of nitrogen functional groups attached to an aromatic ring is 1. The van der Waals surface area contributed by atoms with Gasteiger partial charge in [0.15, 0.2) is 5.13 Å². The highest BCUT2D eigenvalue weighted by molar-refractivity contribution is 7.17. The lowest BCUT2D eigenvalue weighted by atomic mass is 10.2. The van der Waals surface area contributed by atoms with Crippen molar-refractivity contribution in [3.8, 4) is 0 Å². The van der Waals surface area contributed by atoms with Gasteiger partial charge in [0.25, 0.3) is 0 Å². The summed E-state index contributed by atoms with van der Waals surface area (Å²) >= 11 is 1.12. The lowest BCUT2D eigenvalue weighted by Crippen LogP contribution is -2.24. The molecule has 16 heavy (non-hydrogen) atoms. The molecule has 90 valence electrons. The zero-order valence-electron chi connectivity index (χ0n) is 9.86. The van der Waals surface area contributed by atoms with E-state index in [1.54, 1.807) is 0 Å². The van der Waals surface area contributed by atoms with Crippen molar-refractivity contribution in [2.45, 2.75) is 33.0 Å². The van der Waals surface area contributed by atoms with Crippen LogP contribution in [-0.4, -0.2) is 23.7 Å². The third-order valence-corrected chi connectivity index (χ3v) is 2.49. The van der Waals surface area contributed by atoms with E-state index in [0.29, 0.717) is 15.7 Å². The van der Waals surface area contributed by atoms with E-state index >= 15 is 0 Å². The van der Waals surface area contributed by atoms with Gasteiger partial charge in [-0.25, -0.2) is 9.78 Å². The summed E-state index contributed by atoms with van der Waals surface area (Å²) in [6.45, 7) is 5.68. The van der Waals surface area contributed by atoms with Gasteiger partial charge in [-0.15, -0.1) is 0 Å². The summed E-state index contributed by atoms with van der Waals surface area (Å²) in [5.74, 6) is -0.409. The van der Waals surface area contributed by atoms with Crippen molar-refractivity contribution in [3.05, 3.63) is 10.6 Å². The van der Waals surface area contributed by atoms with Gasteiger partial charge in [-0.2, -0.15) is 0 Å². The Hall–Kier alpha value is -1.14. The van der Waals surface area contributed by atoms with E-state index in [0.717, 1.165) is 11.3 Å². The predicted molar refractivity (Wildman–Crippen MR) is 62.4 cm³/mol. The number of aromatic nitrogens is 1. The van der Waals surface area contributed by atoms with Gasteiger partial charge in [0.2, 0.25) is 0 Å². The lowest BCUT2D eigenvalue weighted by molar-refractivity contribution is 0.00714. The highest BCUT2D eigenvalue weighted by Gasteiger charge is 2.23. The van der Waals surface area contributed by atoms with Crippen LogP contribution in [-0.2, 0) is 16.1 Å². The number of hydrogen-bond donors (Lipinski definition) is 1. The van der Waals surface area contributed by atoms with E-state index in [9.17, 15) is 4.79 Å². The first-order valence-corrected chi connectivity index (χ1v) is 5.62. The lowest BCUT2D eigenvalue weighted by Gasteiger charge is -2.19. The minimum atomic E-state index is -0.528. The monoisotopic (exact) mass is 244 g/mol. The second kappa shape index (κ2) is 4.80. The molecule has 6 heteroatoms. The summed E-state index contributed by atoms with van der Waals surface area (Å²) in [6, 6.07) is 0. The largest absolute Gasteiger partial charge is 0.456 e. The molecular formula is C10H16N2O3S. The fraction of sp³-hybridized carbons (Fsp3) is 0.600. The number of thiazole rings is 1. The van der Waals surface area contributed by atoms with Crippen LogP contribution in [0.15, 0.2) is 0 Å². The summed E-state index contributed by atoms with van der Waals surface area (Å²) in [4.78, 5) is 16.2. The molecule has 0 amide bonds. The van der Waals surface area contributed by atoms with E-state index in [1.807, 2.05) is 20.8 Å². The van der Waals surface area contributed by atoms with Crippen LogP contribution in [0.2, 0.25) is 0 Å². The SMILES string of the molecule is COCc1nc(N)sc1C(=O)OC(C)(C)C. The minimum absolute atomic E-state index is 0.252. The Morgan fingerprint density at radius 1 is 1.50 bits per heavy atom. The number of rotatable bonds is 3. The molecule has 1 aromatic heterocycles. The van der Waals surface area contributed by atoms with E-state index in [-0.39, 0.29) is 6.61 Å². The summed E-state index contributed by atoms with van der Waals surface area (Å²) in [6.07, 6.45) is 0. The van der Waals surface area contributed by atoms with Crippen molar-refractivity contribution < 1.29 is 14.3 Å². The zero-order chi connectivity index (χ0) is 12.3. The summed E-state index contributed by atoms with van der Waals surface area (Å²) < 4.78 is 10.2. The molecule has 0 saturated heterocycles. The Bertz CT molecular complexity index is 382. The van der Waals surface area contributed by atoms with E-state index in [1.165, 1.54) is 7.11 Å². The van der Waals surface area contributed by atoms with Crippen molar-refractivity contribution in [1.29, 1.82) is 0 Å². The van der Waals surface area contributed by atoms with Crippen LogP contribution in [0, 0.1) is 0 Å². The van der Waals surface area contributed by atoms with Gasteiger partial charge < -0.3 is 15.2 Å². The molecule has 0 bridgehead atoms. The molecule has 2 N–H and O–H groups in total. The topological polar surface area (TPSA) is 74.4 Å². The van der Waals surface area contributed by atoms with Crippen LogP contribution >= 0.6 is 11.3 Å². The molecule has 0 radical (unpaired) electrons. The van der Waals surface area contributed by atoms with Gasteiger partial charge in [-0.1, -0.05) is 11.3 Å². The molecule has 0 aliphatic carbocycles. The van der Waals surface area contributed by atoms with Gasteiger partial charge in [0.1, 0.15) is 10.5 Å². The van der Waals surface area contributed by atoms with Crippen LogP contribution < -0.4 is 5.73 Å². The molecular weight excluding hydrogens is 228 g/mol. The number of carbonyl (C=O) groups excluding carboxylic acids is 1. The Morgan fingerprint density at radius 3 is 2.62 bits per heavy atom. The molecule has 0 spiro atoms. The Balaban J connectivity index is 2.90. The third kappa shape index (κ3) is 3.46. The average Bonchev–Trinajstić information content (AvgIpc) is 2.44. The fourth-order valence-electron chi connectivity index (χ4n) is 1.09. The number of anilines is 1. The Labute approximate surface area is 98.6 Å². The maximum absolute atomic E-state index is 11.8. The molecule has 1 rings (SSSR count). The first-order valence-electron chi connectivity index (χ1n) is 4.81. The maximum Gasteiger partial charge on any atom is 0.350 e. The number of esters is 1. The Kier molecular flexibility index (Phi) is 3.88. The molecule has 0 fully saturated rings. The van der Waals surface area contributed by atoms with E-state index in [2.05, 4.69) is 4.98 Å². The van der Waals surface area contributed by atoms with Crippen LogP contribution in [0.25, 0.3) is 0 Å². The molecule has 0 atom stereocenters. The Morgan fingerprint density at radius 2 is 2.12 bits per heavy atom. The molecule has 5 nitrogen and oxygen atoms in total. The number of carbonyl (C=O) groups is 1. The predicted octanol–water partition coefficient (Wildman–Crippen LogP) is 1.83. The van der Waals surface area contributed by atoms with E-state index in [4.69, 9.17) is 15.2 Å². The van der Waals surface area contributed by atoms with Crippen LogP contribution in [0.5, 0.6) is 0 Å². The molecule has 0 unspecified atom stereocenters. The van der Waals surface area contributed by atoms with Gasteiger partial charge in [0, 0.05) is 7.11 Å². The van der Waals surface area contributed by atoms with Crippen LogP contribution in [0.4, 0.5) is 5.13 Å². The van der Waals surface area contributed by atoms with Crippen molar-refractivity contribution in [1.82, 2.24) is 4.98 Å². The van der Waals surface area contributed by atoms with Gasteiger partial charge in [0.05, 0.1) is 12.3 Å². The number of hydrogen-bond acceptors (Lipinski definition) is 6. The first kappa shape index (κ1) is 12.9. The first-order chi connectivity index (χ1) is 7.33. The average molecular weight is 244 g/mol. The summed E-state index contributed by atoms with van der Waals surface area (Å²) in [5.41, 5.74) is 5.55. The highest BCUT2D eigenvalue weighted by Crippen LogP contribution is 2.24. The standard InChI is InChI=1S/C10H16N2O3S/c1-10(2,3)15-8(13)7-6(5-14-4)12-9(11)16-7/h5H2,1-4H3,(H2,11,12). The van der Waals surface area contributed by atoms with Crippen molar-refractivity contribution in [3.63, 3.8) is 0 Å². The van der Waals surface area contributed by atoms with Gasteiger partial charge in [-0.3, -0.25) is 0 Å². The third-order valence-electron chi connectivity index (χ3n) is 1.58.